The summed E-state index contributed by atoms with van der Waals surface area (Å²) < 4.78 is 0. The van der Waals surface area contributed by atoms with Crippen LogP contribution in [0.2, 0.25) is 0 Å². The summed E-state index contributed by atoms with van der Waals surface area (Å²) in [5.41, 5.74) is 4.63. The number of aliphatic imine (C=N–C) groups is 1. The van der Waals surface area contributed by atoms with Crippen molar-refractivity contribution in [2.45, 2.75) is 0 Å². The Morgan fingerprint density at radius 1 is 0.783 bits per heavy atom. The van der Waals surface area contributed by atoms with Gasteiger partial charge in [-0.3, -0.25) is 0 Å². The second-order valence-corrected chi connectivity index (χ2v) is 6.29. The first-order valence-corrected chi connectivity index (χ1v) is 8.18. The third kappa shape index (κ3) is 2.49. The maximum atomic E-state index is 5.06. The van der Waals surface area contributed by atoms with Crippen LogP contribution in [0.1, 0.15) is 5.56 Å². The SMILES string of the molecule is CN1CCN(C2=Nc3ccccc3N(C)c3ccccc32)CC1. The van der Waals surface area contributed by atoms with Gasteiger partial charge in [-0.25, -0.2) is 4.99 Å². The zero-order chi connectivity index (χ0) is 15.8. The molecule has 0 N–H and O–H groups in total. The van der Waals surface area contributed by atoms with Crippen LogP contribution in [0.15, 0.2) is 53.5 Å². The van der Waals surface area contributed by atoms with Gasteiger partial charge in [0.2, 0.25) is 0 Å². The van der Waals surface area contributed by atoms with Gasteiger partial charge in [0.05, 0.1) is 17.1 Å². The largest absolute Gasteiger partial charge is 0.353 e. The molecule has 4 heteroatoms. The van der Waals surface area contributed by atoms with Crippen molar-refractivity contribution in [3.05, 3.63) is 54.1 Å². The van der Waals surface area contributed by atoms with Gasteiger partial charge in [-0.2, -0.15) is 0 Å². The Morgan fingerprint density at radius 2 is 1.43 bits per heavy atom. The molecule has 0 amide bonds. The lowest BCUT2D eigenvalue weighted by Gasteiger charge is -2.35. The molecule has 23 heavy (non-hydrogen) atoms. The van der Waals surface area contributed by atoms with Crippen molar-refractivity contribution >= 4 is 22.9 Å². The number of nitrogens with zero attached hydrogens (tertiary/aromatic N) is 4. The van der Waals surface area contributed by atoms with E-state index in [1.807, 2.05) is 0 Å². The van der Waals surface area contributed by atoms with E-state index in [1.54, 1.807) is 0 Å². The molecule has 0 radical (unpaired) electrons. The van der Waals surface area contributed by atoms with Crippen molar-refractivity contribution in [2.24, 2.45) is 4.99 Å². The molecule has 2 aromatic rings. The van der Waals surface area contributed by atoms with E-state index in [-0.39, 0.29) is 0 Å². The Labute approximate surface area is 137 Å². The fraction of sp³-hybridized carbons (Fsp3) is 0.316. The van der Waals surface area contributed by atoms with E-state index in [0.29, 0.717) is 0 Å². The Balaban J connectivity index is 1.86. The maximum Gasteiger partial charge on any atom is 0.138 e. The highest BCUT2D eigenvalue weighted by Crippen LogP contribution is 2.38. The zero-order valence-corrected chi connectivity index (χ0v) is 13.7. The van der Waals surface area contributed by atoms with Crippen molar-refractivity contribution in [3.63, 3.8) is 0 Å². The second-order valence-electron chi connectivity index (χ2n) is 6.29. The highest BCUT2D eigenvalue weighted by atomic mass is 15.3. The summed E-state index contributed by atoms with van der Waals surface area (Å²) in [7, 11) is 4.31. The van der Waals surface area contributed by atoms with Crippen LogP contribution < -0.4 is 4.90 Å². The van der Waals surface area contributed by atoms with E-state index < -0.39 is 0 Å². The molecule has 0 bridgehead atoms. The number of fused-ring (bicyclic) bond motifs is 2. The minimum Gasteiger partial charge on any atom is -0.353 e. The molecular weight excluding hydrogens is 284 g/mol. The van der Waals surface area contributed by atoms with Gasteiger partial charge in [-0.05, 0) is 31.3 Å². The summed E-state index contributed by atoms with van der Waals surface area (Å²) in [5, 5.41) is 0. The molecule has 4 rings (SSSR count). The normalized spacial score (nSPS) is 18.1. The van der Waals surface area contributed by atoms with E-state index in [2.05, 4.69) is 77.3 Å². The smallest absolute Gasteiger partial charge is 0.138 e. The van der Waals surface area contributed by atoms with Crippen LogP contribution in [0.5, 0.6) is 0 Å². The molecular formula is C19H22N4. The van der Waals surface area contributed by atoms with Crippen molar-refractivity contribution in [2.75, 3.05) is 45.2 Å². The summed E-state index contributed by atoms with van der Waals surface area (Å²) in [4.78, 5) is 12.1. The van der Waals surface area contributed by atoms with E-state index in [1.165, 1.54) is 11.3 Å². The number of piperazine rings is 1. The van der Waals surface area contributed by atoms with E-state index in [9.17, 15) is 0 Å². The zero-order valence-electron chi connectivity index (χ0n) is 13.7. The Hall–Kier alpha value is -2.33. The van der Waals surface area contributed by atoms with Gasteiger partial charge in [0.25, 0.3) is 0 Å². The number of rotatable bonds is 0. The summed E-state index contributed by atoms with van der Waals surface area (Å²) in [5.74, 6) is 1.10. The topological polar surface area (TPSA) is 22.1 Å². The highest BCUT2D eigenvalue weighted by Gasteiger charge is 2.25. The van der Waals surface area contributed by atoms with E-state index >= 15 is 0 Å². The molecule has 2 aliphatic heterocycles. The number of hydrogen-bond acceptors (Lipinski definition) is 4. The maximum absolute atomic E-state index is 5.06. The van der Waals surface area contributed by atoms with Gasteiger partial charge in [0, 0.05) is 38.8 Å². The number of para-hydroxylation sites is 3. The monoisotopic (exact) mass is 306 g/mol. The van der Waals surface area contributed by atoms with Crippen molar-refractivity contribution < 1.29 is 0 Å². The molecule has 0 spiro atoms. The minimum atomic E-state index is 1.02. The summed E-state index contributed by atoms with van der Waals surface area (Å²) in [6.45, 7) is 4.21. The second kappa shape index (κ2) is 5.70. The lowest BCUT2D eigenvalue weighted by molar-refractivity contribution is 0.216. The number of anilines is 2. The van der Waals surface area contributed by atoms with Crippen LogP contribution in [-0.4, -0.2) is 55.9 Å². The summed E-state index contributed by atoms with van der Waals surface area (Å²) in [6.07, 6.45) is 0. The lowest BCUT2D eigenvalue weighted by atomic mass is 10.1. The summed E-state index contributed by atoms with van der Waals surface area (Å²) in [6, 6.07) is 17.0. The predicted octanol–water partition coefficient (Wildman–Crippen LogP) is 3.09. The summed E-state index contributed by atoms with van der Waals surface area (Å²) >= 11 is 0. The van der Waals surface area contributed by atoms with E-state index in [4.69, 9.17) is 4.99 Å². The molecule has 118 valence electrons. The first kappa shape index (κ1) is 14.3. The molecule has 0 aliphatic carbocycles. The average molecular weight is 306 g/mol. The molecule has 0 unspecified atom stereocenters. The fourth-order valence-corrected chi connectivity index (χ4v) is 3.36. The van der Waals surface area contributed by atoms with Crippen molar-refractivity contribution in [1.82, 2.24) is 9.80 Å². The molecule has 2 aromatic carbocycles. The van der Waals surface area contributed by atoms with Crippen LogP contribution >= 0.6 is 0 Å². The molecule has 2 heterocycles. The van der Waals surface area contributed by atoms with Gasteiger partial charge < -0.3 is 14.7 Å². The Kier molecular flexibility index (Phi) is 3.54. The molecule has 0 saturated carbocycles. The average Bonchev–Trinajstić information content (AvgIpc) is 2.72. The molecule has 1 fully saturated rings. The molecule has 0 aromatic heterocycles. The number of hydrogen-bond donors (Lipinski definition) is 0. The predicted molar refractivity (Wildman–Crippen MR) is 96.2 cm³/mol. The van der Waals surface area contributed by atoms with Crippen LogP contribution in [-0.2, 0) is 0 Å². The number of amidine groups is 1. The lowest BCUT2D eigenvalue weighted by Crippen LogP contribution is -2.47. The van der Waals surface area contributed by atoms with Crippen LogP contribution in [0.25, 0.3) is 0 Å². The molecule has 0 atom stereocenters. The van der Waals surface area contributed by atoms with Gasteiger partial charge in [-0.15, -0.1) is 0 Å². The standard InChI is InChI=1S/C19H22N4/c1-21-11-13-23(14-12-21)19-15-7-3-5-9-17(15)22(2)18-10-6-4-8-16(18)20-19/h3-10H,11-14H2,1-2H3. The minimum absolute atomic E-state index is 1.02. The van der Waals surface area contributed by atoms with Crippen LogP contribution in [0.4, 0.5) is 17.1 Å². The molecule has 1 saturated heterocycles. The highest BCUT2D eigenvalue weighted by molar-refractivity contribution is 6.08. The third-order valence-electron chi connectivity index (χ3n) is 4.78. The van der Waals surface area contributed by atoms with Crippen LogP contribution in [0, 0.1) is 0 Å². The molecule has 2 aliphatic rings. The van der Waals surface area contributed by atoms with E-state index in [0.717, 1.165) is 43.4 Å². The van der Waals surface area contributed by atoms with Crippen molar-refractivity contribution in [1.29, 1.82) is 0 Å². The first-order valence-electron chi connectivity index (χ1n) is 8.18. The number of likely N-dealkylation sites (N-methyl/N-ethyl adjacent to an activating group) is 1. The quantitative estimate of drug-likeness (QED) is 0.747. The Morgan fingerprint density at radius 3 is 2.22 bits per heavy atom. The Bertz CT molecular complexity index is 745. The third-order valence-corrected chi connectivity index (χ3v) is 4.78. The van der Waals surface area contributed by atoms with Gasteiger partial charge in [0.1, 0.15) is 5.84 Å². The van der Waals surface area contributed by atoms with Crippen molar-refractivity contribution in [3.8, 4) is 0 Å². The van der Waals surface area contributed by atoms with Crippen LogP contribution in [0.3, 0.4) is 0 Å². The molecule has 4 nitrogen and oxygen atoms in total. The first-order chi connectivity index (χ1) is 11.2. The van der Waals surface area contributed by atoms with Gasteiger partial charge in [-0.1, -0.05) is 24.3 Å². The fourth-order valence-electron chi connectivity index (χ4n) is 3.36. The number of benzene rings is 2. The van der Waals surface area contributed by atoms with Gasteiger partial charge >= 0.3 is 0 Å². The van der Waals surface area contributed by atoms with Gasteiger partial charge in [0.15, 0.2) is 0 Å².